The minimum atomic E-state index is -0.795. The van der Waals surface area contributed by atoms with Crippen molar-refractivity contribution in [3.8, 4) is 11.6 Å². The fourth-order valence-corrected chi connectivity index (χ4v) is 2.76. The molecule has 0 radical (unpaired) electrons. The Morgan fingerprint density at radius 1 is 0.966 bits per heavy atom. The van der Waals surface area contributed by atoms with Gasteiger partial charge in [-0.15, -0.1) is 0 Å². The summed E-state index contributed by atoms with van der Waals surface area (Å²) in [6.07, 6.45) is 1.03. The second-order valence-electron chi connectivity index (χ2n) is 5.99. The Morgan fingerprint density at radius 3 is 2.55 bits per heavy atom. The zero-order chi connectivity index (χ0) is 20.4. The molecule has 0 atom stereocenters. The third-order valence-corrected chi connectivity index (χ3v) is 4.09. The molecule has 0 spiro atoms. The molecule has 0 aliphatic rings. The highest BCUT2D eigenvalue weighted by Gasteiger charge is 2.26. The van der Waals surface area contributed by atoms with Crippen LogP contribution >= 0.6 is 0 Å². The van der Waals surface area contributed by atoms with E-state index >= 15 is 0 Å². The summed E-state index contributed by atoms with van der Waals surface area (Å²) in [5.41, 5.74) is -0.909. The molecule has 1 aromatic heterocycles. The average molecular weight is 394 g/mol. The maximum Gasteiger partial charge on any atom is 0.373 e. The van der Waals surface area contributed by atoms with Crippen molar-refractivity contribution in [3.63, 3.8) is 0 Å². The molecular formula is C20H12F2N4O3. The minimum absolute atomic E-state index is 0.302. The Kier molecular flexibility index (Phi) is 4.70. The second-order valence-corrected chi connectivity index (χ2v) is 5.99. The number of ether oxygens (including phenoxy) is 1. The number of anilines is 2. The van der Waals surface area contributed by atoms with Crippen molar-refractivity contribution in [2.45, 2.75) is 0 Å². The van der Waals surface area contributed by atoms with Crippen molar-refractivity contribution < 1.29 is 18.4 Å². The van der Waals surface area contributed by atoms with Gasteiger partial charge in [0.1, 0.15) is 23.7 Å². The van der Waals surface area contributed by atoms with Crippen molar-refractivity contribution in [2.24, 2.45) is 0 Å². The summed E-state index contributed by atoms with van der Waals surface area (Å²) in [6.45, 7) is 0. The topological polar surface area (TPSA) is 90.2 Å². The fourth-order valence-electron chi connectivity index (χ4n) is 2.76. The number of fused-ring (bicyclic) bond motifs is 1. The number of nitrogens with one attached hydrogen (secondary N) is 1. The molecule has 4 rings (SSSR count). The van der Waals surface area contributed by atoms with Gasteiger partial charge in [0.15, 0.2) is 0 Å². The first kappa shape index (κ1) is 18.2. The summed E-state index contributed by atoms with van der Waals surface area (Å²) < 4.78 is 32.9. The van der Waals surface area contributed by atoms with Crippen LogP contribution < -0.4 is 10.1 Å². The molecule has 0 saturated heterocycles. The third-order valence-electron chi connectivity index (χ3n) is 4.09. The predicted molar refractivity (Wildman–Crippen MR) is 102 cm³/mol. The molecule has 0 saturated carbocycles. The lowest BCUT2D eigenvalue weighted by atomic mass is 10.1. The van der Waals surface area contributed by atoms with Gasteiger partial charge in [-0.25, -0.2) is 13.8 Å². The summed E-state index contributed by atoms with van der Waals surface area (Å²) in [5, 5.41) is 15.9. The lowest BCUT2D eigenvalue weighted by Crippen LogP contribution is -2.04. The highest BCUT2D eigenvalue weighted by atomic mass is 19.1. The molecule has 0 aliphatic carbocycles. The summed E-state index contributed by atoms with van der Waals surface area (Å²) >= 11 is 0. The van der Waals surface area contributed by atoms with Gasteiger partial charge in [0.2, 0.25) is 5.82 Å². The van der Waals surface area contributed by atoms with Crippen molar-refractivity contribution in [1.29, 1.82) is 0 Å². The first-order valence-corrected chi connectivity index (χ1v) is 8.39. The lowest BCUT2D eigenvalue weighted by Gasteiger charge is -2.10. The number of benzene rings is 3. The van der Waals surface area contributed by atoms with Crippen molar-refractivity contribution >= 4 is 28.0 Å². The number of aromatic nitrogens is 2. The molecule has 7 nitrogen and oxygen atoms in total. The molecule has 0 aliphatic heterocycles. The zero-order valence-electron chi connectivity index (χ0n) is 14.7. The van der Waals surface area contributed by atoms with Gasteiger partial charge in [-0.3, -0.25) is 10.1 Å². The van der Waals surface area contributed by atoms with E-state index < -0.39 is 22.2 Å². The Morgan fingerprint density at radius 2 is 1.76 bits per heavy atom. The molecule has 0 fully saturated rings. The molecule has 4 aromatic rings. The standard InChI is InChI=1S/C20H12F2N4O3/c21-14-6-8-16(22)17(10-14)25-19-18(26(27)28)20(24-11-23-19)29-15-7-5-12-3-1-2-4-13(12)9-15/h1-11H,(H,23,24,25). The van der Waals surface area contributed by atoms with Crippen LogP contribution in [0.15, 0.2) is 67.0 Å². The van der Waals surface area contributed by atoms with Crippen LogP contribution in [-0.2, 0) is 0 Å². The summed E-state index contributed by atoms with van der Waals surface area (Å²) in [7, 11) is 0. The second kappa shape index (κ2) is 7.47. The van der Waals surface area contributed by atoms with Gasteiger partial charge in [-0.1, -0.05) is 30.3 Å². The van der Waals surface area contributed by atoms with Crippen LogP contribution in [-0.4, -0.2) is 14.9 Å². The SMILES string of the molecule is O=[N+]([O-])c1c(Nc2cc(F)ccc2F)ncnc1Oc1ccc2ccccc2c1. The quantitative estimate of drug-likeness (QED) is 0.362. The Balaban J connectivity index is 1.72. The molecule has 9 heteroatoms. The highest BCUT2D eigenvalue weighted by Crippen LogP contribution is 2.36. The van der Waals surface area contributed by atoms with Crippen LogP contribution in [0.1, 0.15) is 0 Å². The molecule has 3 aromatic carbocycles. The first-order chi connectivity index (χ1) is 14.0. The summed E-state index contributed by atoms with van der Waals surface area (Å²) in [6, 6.07) is 15.4. The van der Waals surface area contributed by atoms with E-state index in [0.717, 1.165) is 35.3 Å². The van der Waals surface area contributed by atoms with E-state index in [1.54, 1.807) is 18.2 Å². The van der Waals surface area contributed by atoms with E-state index in [9.17, 15) is 18.9 Å². The van der Waals surface area contributed by atoms with Crippen LogP contribution in [0.2, 0.25) is 0 Å². The average Bonchev–Trinajstić information content (AvgIpc) is 2.70. The van der Waals surface area contributed by atoms with E-state index in [4.69, 9.17) is 4.74 Å². The molecular weight excluding hydrogens is 382 g/mol. The van der Waals surface area contributed by atoms with Crippen LogP contribution in [0.5, 0.6) is 11.6 Å². The molecule has 144 valence electrons. The summed E-state index contributed by atoms with van der Waals surface area (Å²) in [5.74, 6) is -1.84. The van der Waals surface area contributed by atoms with E-state index in [0.29, 0.717) is 5.75 Å². The fraction of sp³-hybridized carbons (Fsp3) is 0. The van der Waals surface area contributed by atoms with Crippen LogP contribution in [0.25, 0.3) is 10.8 Å². The number of rotatable bonds is 5. The number of hydrogen-bond acceptors (Lipinski definition) is 6. The van der Waals surface area contributed by atoms with Crippen LogP contribution in [0.4, 0.5) is 26.0 Å². The smallest absolute Gasteiger partial charge is 0.373 e. The van der Waals surface area contributed by atoms with Gasteiger partial charge in [0.25, 0.3) is 0 Å². The molecule has 0 unspecified atom stereocenters. The van der Waals surface area contributed by atoms with E-state index in [1.807, 2.05) is 24.3 Å². The Hall–Kier alpha value is -4.14. The predicted octanol–water partition coefficient (Wildman–Crippen LogP) is 5.35. The largest absolute Gasteiger partial charge is 0.434 e. The normalized spacial score (nSPS) is 10.7. The molecule has 0 bridgehead atoms. The molecule has 1 N–H and O–H groups in total. The third kappa shape index (κ3) is 3.79. The maximum atomic E-state index is 13.9. The maximum absolute atomic E-state index is 13.9. The summed E-state index contributed by atoms with van der Waals surface area (Å²) in [4.78, 5) is 18.5. The van der Waals surface area contributed by atoms with Gasteiger partial charge in [0.05, 0.1) is 10.6 Å². The molecule has 1 heterocycles. The minimum Gasteiger partial charge on any atom is -0.434 e. The monoisotopic (exact) mass is 394 g/mol. The van der Waals surface area contributed by atoms with Gasteiger partial charge >= 0.3 is 11.6 Å². The van der Waals surface area contributed by atoms with E-state index in [2.05, 4.69) is 15.3 Å². The lowest BCUT2D eigenvalue weighted by molar-refractivity contribution is -0.385. The van der Waals surface area contributed by atoms with Gasteiger partial charge < -0.3 is 10.1 Å². The van der Waals surface area contributed by atoms with Crippen molar-refractivity contribution in [2.75, 3.05) is 5.32 Å². The number of hydrogen-bond donors (Lipinski definition) is 1. The molecule has 29 heavy (non-hydrogen) atoms. The number of nitro groups is 1. The number of nitrogens with zero attached hydrogens (tertiary/aromatic N) is 3. The van der Waals surface area contributed by atoms with Crippen LogP contribution in [0, 0.1) is 21.7 Å². The van der Waals surface area contributed by atoms with Gasteiger partial charge in [-0.2, -0.15) is 4.98 Å². The van der Waals surface area contributed by atoms with Crippen LogP contribution in [0.3, 0.4) is 0 Å². The molecule has 0 amide bonds. The van der Waals surface area contributed by atoms with Crippen molar-refractivity contribution in [1.82, 2.24) is 9.97 Å². The first-order valence-electron chi connectivity index (χ1n) is 8.39. The highest BCUT2D eigenvalue weighted by molar-refractivity contribution is 5.83. The Bertz CT molecular complexity index is 1230. The number of halogens is 2. The Labute approximate surface area is 162 Å². The zero-order valence-corrected chi connectivity index (χ0v) is 14.7. The van der Waals surface area contributed by atoms with E-state index in [1.165, 1.54) is 0 Å². The van der Waals surface area contributed by atoms with E-state index in [-0.39, 0.29) is 17.4 Å². The van der Waals surface area contributed by atoms with Crippen molar-refractivity contribution in [3.05, 3.63) is 88.7 Å². The van der Waals surface area contributed by atoms with Gasteiger partial charge in [-0.05, 0) is 35.0 Å². The van der Waals surface area contributed by atoms with Gasteiger partial charge in [0, 0.05) is 6.07 Å².